The maximum absolute atomic E-state index is 12.3. The highest BCUT2D eigenvalue weighted by Gasteiger charge is 2.45. The van der Waals surface area contributed by atoms with E-state index in [0.29, 0.717) is 22.8 Å². The first-order valence-corrected chi connectivity index (χ1v) is 5.48. The molecule has 2 amide bonds. The van der Waals surface area contributed by atoms with Crippen LogP contribution in [0.4, 0.5) is 4.79 Å². The number of carbonyl (C=O) groups excluding carboxylic acids is 1. The van der Waals surface area contributed by atoms with Gasteiger partial charge in [0.15, 0.2) is 11.5 Å². The summed E-state index contributed by atoms with van der Waals surface area (Å²) < 4.78 is 0. The molecular formula is C13H8N2O3. The SMILES string of the molecule is O=C(N1c2cccc1c2O)N1c2cccc1c2O. The van der Waals surface area contributed by atoms with Crippen molar-refractivity contribution < 1.29 is 15.0 Å². The molecule has 0 aromatic carbocycles. The van der Waals surface area contributed by atoms with Crippen molar-refractivity contribution in [2.75, 3.05) is 0 Å². The van der Waals surface area contributed by atoms with Crippen molar-refractivity contribution in [3.8, 4) is 0 Å². The second-order valence-corrected chi connectivity index (χ2v) is 4.24. The van der Waals surface area contributed by atoms with E-state index in [2.05, 4.69) is 0 Å². The van der Waals surface area contributed by atoms with Gasteiger partial charge in [-0.05, 0) is 24.3 Å². The van der Waals surface area contributed by atoms with Gasteiger partial charge in [-0.25, -0.2) is 4.79 Å². The lowest BCUT2D eigenvalue weighted by Gasteiger charge is -2.44. The molecule has 0 saturated heterocycles. The van der Waals surface area contributed by atoms with Gasteiger partial charge in [-0.3, -0.25) is 9.80 Å². The fraction of sp³-hybridized carbons (Fsp3) is 0. The molecule has 4 aliphatic heterocycles. The Kier molecular flexibility index (Phi) is 1.43. The zero-order chi connectivity index (χ0) is 12.4. The van der Waals surface area contributed by atoms with E-state index < -0.39 is 0 Å². The highest BCUT2D eigenvalue weighted by Crippen LogP contribution is 2.43. The van der Waals surface area contributed by atoms with Crippen molar-refractivity contribution in [1.29, 1.82) is 0 Å². The van der Waals surface area contributed by atoms with Gasteiger partial charge in [-0.1, -0.05) is 12.2 Å². The lowest BCUT2D eigenvalue weighted by atomic mass is 9.99. The van der Waals surface area contributed by atoms with E-state index in [4.69, 9.17) is 0 Å². The quantitative estimate of drug-likeness (QED) is 0.682. The topological polar surface area (TPSA) is 64.0 Å². The number of aliphatic hydroxyl groups is 2. The van der Waals surface area contributed by atoms with Crippen LogP contribution in [0.3, 0.4) is 0 Å². The van der Waals surface area contributed by atoms with Gasteiger partial charge in [0.05, 0.1) is 22.8 Å². The Morgan fingerprint density at radius 3 is 1.61 bits per heavy atom. The summed E-state index contributed by atoms with van der Waals surface area (Å²) in [5.74, 6) is 0.276. The summed E-state index contributed by atoms with van der Waals surface area (Å²) in [6, 6.07) is -0.290. The zero-order valence-electron chi connectivity index (χ0n) is 9.16. The van der Waals surface area contributed by atoms with E-state index in [1.54, 1.807) is 36.5 Å². The van der Waals surface area contributed by atoms with E-state index in [-0.39, 0.29) is 17.5 Å². The van der Waals surface area contributed by atoms with Crippen molar-refractivity contribution in [3.05, 3.63) is 70.8 Å². The maximum Gasteiger partial charge on any atom is 0.338 e. The van der Waals surface area contributed by atoms with Crippen LogP contribution in [-0.4, -0.2) is 26.0 Å². The van der Waals surface area contributed by atoms with Gasteiger partial charge in [-0.15, -0.1) is 0 Å². The number of nitrogens with zero attached hydrogens (tertiary/aromatic N) is 2. The molecule has 0 fully saturated rings. The Labute approximate surface area is 102 Å². The van der Waals surface area contributed by atoms with Gasteiger partial charge >= 0.3 is 6.03 Å². The molecular weight excluding hydrogens is 232 g/mol. The number of hydrogen-bond donors (Lipinski definition) is 2. The summed E-state index contributed by atoms with van der Waals surface area (Å²) >= 11 is 0. The third kappa shape index (κ3) is 0.830. The van der Waals surface area contributed by atoms with Gasteiger partial charge in [0.1, 0.15) is 0 Å². The third-order valence-corrected chi connectivity index (χ3v) is 3.33. The number of aliphatic hydroxyl groups excluding tert-OH is 2. The van der Waals surface area contributed by atoms with E-state index in [1.807, 2.05) is 0 Å². The number of allylic oxidation sites excluding steroid dienone is 6. The van der Waals surface area contributed by atoms with Crippen molar-refractivity contribution in [3.63, 3.8) is 0 Å². The molecule has 18 heavy (non-hydrogen) atoms. The highest BCUT2D eigenvalue weighted by molar-refractivity contribution is 5.90. The molecule has 88 valence electrons. The molecule has 0 aromatic rings. The van der Waals surface area contributed by atoms with Crippen molar-refractivity contribution in [2.45, 2.75) is 0 Å². The predicted molar refractivity (Wildman–Crippen MR) is 62.8 cm³/mol. The zero-order valence-corrected chi connectivity index (χ0v) is 9.16. The summed E-state index contributed by atoms with van der Waals surface area (Å²) in [6.45, 7) is 0. The first-order chi connectivity index (χ1) is 8.70. The van der Waals surface area contributed by atoms with Crippen LogP contribution in [0.2, 0.25) is 0 Å². The molecule has 0 saturated carbocycles. The summed E-state index contributed by atoms with van der Waals surface area (Å²) in [4.78, 5) is 15.2. The number of carbonyl (C=O) groups is 1. The Balaban J connectivity index is 1.70. The number of fused-ring (bicyclic) bond motifs is 4. The number of amides is 2. The smallest absolute Gasteiger partial charge is 0.338 e. The molecule has 0 aliphatic carbocycles. The minimum Gasteiger partial charge on any atom is -0.504 e. The van der Waals surface area contributed by atoms with Crippen LogP contribution in [0.15, 0.2) is 70.8 Å². The molecule has 0 radical (unpaired) electrons. The van der Waals surface area contributed by atoms with Crippen molar-refractivity contribution in [2.24, 2.45) is 0 Å². The van der Waals surface area contributed by atoms with Gasteiger partial charge in [0, 0.05) is 0 Å². The van der Waals surface area contributed by atoms with Crippen LogP contribution < -0.4 is 0 Å². The number of urea groups is 1. The lowest BCUT2D eigenvalue weighted by Crippen LogP contribution is -2.50. The summed E-state index contributed by atoms with van der Waals surface area (Å²) in [5, 5.41) is 19.3. The second kappa shape index (κ2) is 2.76. The Morgan fingerprint density at radius 1 is 0.889 bits per heavy atom. The summed E-state index contributed by atoms with van der Waals surface area (Å²) in [5.41, 5.74) is 1.97. The molecule has 0 aromatic heterocycles. The van der Waals surface area contributed by atoms with Gasteiger partial charge in [0.2, 0.25) is 0 Å². The normalized spacial score (nSPS) is 22.7. The number of rotatable bonds is 0. The van der Waals surface area contributed by atoms with Gasteiger partial charge in [0.25, 0.3) is 0 Å². The van der Waals surface area contributed by atoms with Crippen molar-refractivity contribution in [1.82, 2.24) is 9.80 Å². The van der Waals surface area contributed by atoms with E-state index in [0.717, 1.165) is 0 Å². The predicted octanol–water partition coefficient (Wildman–Crippen LogP) is 2.18. The first kappa shape index (κ1) is 9.35. The van der Waals surface area contributed by atoms with Gasteiger partial charge < -0.3 is 10.2 Å². The van der Waals surface area contributed by atoms with Crippen LogP contribution in [0.5, 0.6) is 0 Å². The average Bonchev–Trinajstić information content (AvgIpc) is 2.44. The van der Waals surface area contributed by atoms with Crippen LogP contribution in [0.25, 0.3) is 0 Å². The Hall–Kier alpha value is -2.69. The van der Waals surface area contributed by atoms with E-state index in [9.17, 15) is 15.0 Å². The highest BCUT2D eigenvalue weighted by atomic mass is 16.3. The average molecular weight is 240 g/mol. The van der Waals surface area contributed by atoms with E-state index in [1.165, 1.54) is 9.80 Å². The molecule has 2 N–H and O–H groups in total. The molecule has 4 aliphatic rings. The lowest BCUT2D eigenvalue weighted by molar-refractivity contribution is 0.172. The van der Waals surface area contributed by atoms with Crippen LogP contribution in [0, 0.1) is 0 Å². The van der Waals surface area contributed by atoms with E-state index >= 15 is 0 Å². The summed E-state index contributed by atoms with van der Waals surface area (Å²) in [6.07, 6.45) is 10.3. The molecule has 0 spiro atoms. The summed E-state index contributed by atoms with van der Waals surface area (Å²) in [7, 11) is 0. The van der Waals surface area contributed by atoms with Crippen LogP contribution >= 0.6 is 0 Å². The molecule has 5 nitrogen and oxygen atoms in total. The third-order valence-electron chi connectivity index (χ3n) is 3.33. The molecule has 0 unspecified atom stereocenters. The van der Waals surface area contributed by atoms with Crippen LogP contribution in [-0.2, 0) is 0 Å². The minimum atomic E-state index is -0.290. The van der Waals surface area contributed by atoms with Crippen LogP contribution in [0.1, 0.15) is 0 Å². The van der Waals surface area contributed by atoms with Gasteiger partial charge in [-0.2, -0.15) is 0 Å². The fourth-order valence-electron chi connectivity index (χ4n) is 2.43. The first-order valence-electron chi connectivity index (χ1n) is 5.48. The maximum atomic E-state index is 12.3. The Morgan fingerprint density at radius 2 is 1.33 bits per heavy atom. The molecule has 4 heterocycles. The number of hydrogen-bond acceptors (Lipinski definition) is 3. The minimum absolute atomic E-state index is 0.138. The van der Waals surface area contributed by atoms with Crippen molar-refractivity contribution >= 4 is 6.03 Å². The molecule has 5 heteroatoms. The monoisotopic (exact) mass is 240 g/mol. The second-order valence-electron chi connectivity index (χ2n) is 4.24. The standard InChI is InChI=1S/C13H8N2O3/c16-11-7-3-1-4-8(11)14(7)13(18)15-9-5-2-6-10(15)12(9)17/h1-6,16-17H. The molecule has 4 rings (SSSR count). The molecule has 4 bridgehead atoms. The fourth-order valence-corrected chi connectivity index (χ4v) is 2.43. The largest absolute Gasteiger partial charge is 0.504 e. The molecule has 0 atom stereocenters. The Bertz CT molecular complexity index is 631.